The van der Waals surface area contributed by atoms with Crippen molar-refractivity contribution in [3.63, 3.8) is 0 Å². The van der Waals surface area contributed by atoms with Crippen LogP contribution >= 0.6 is 11.3 Å². The summed E-state index contributed by atoms with van der Waals surface area (Å²) >= 11 is 1.09. The minimum absolute atomic E-state index is 0.119. The van der Waals surface area contributed by atoms with E-state index in [0.29, 0.717) is 16.6 Å². The number of carboxylic acid groups (broad SMARTS) is 1. The summed E-state index contributed by atoms with van der Waals surface area (Å²) < 4.78 is 13.0. The Balaban J connectivity index is 2.15. The van der Waals surface area contributed by atoms with Crippen molar-refractivity contribution in [2.45, 2.75) is 20.3 Å². The third-order valence-electron chi connectivity index (χ3n) is 3.95. The van der Waals surface area contributed by atoms with E-state index in [0.717, 1.165) is 33.7 Å². The highest BCUT2D eigenvalue weighted by molar-refractivity contribution is 7.21. The van der Waals surface area contributed by atoms with E-state index in [9.17, 15) is 14.3 Å². The molecule has 23 heavy (non-hydrogen) atoms. The molecule has 2 heterocycles. The van der Waals surface area contributed by atoms with Crippen molar-refractivity contribution >= 4 is 33.2 Å². The smallest absolute Gasteiger partial charge is 0.348 e. The van der Waals surface area contributed by atoms with Crippen LogP contribution in [0.2, 0.25) is 0 Å². The largest absolute Gasteiger partial charge is 0.477 e. The molecular formula is C17H15FN2O2S. The Morgan fingerprint density at radius 3 is 2.57 bits per heavy atom. The number of nitrogen functional groups attached to an aromatic ring is 1. The molecule has 0 unspecified atom stereocenters. The molecule has 1 aromatic carbocycles. The van der Waals surface area contributed by atoms with E-state index in [1.54, 1.807) is 12.1 Å². The molecule has 6 heteroatoms. The maximum atomic E-state index is 13.0. The molecule has 0 bridgehead atoms. The van der Waals surface area contributed by atoms with Gasteiger partial charge in [0.2, 0.25) is 0 Å². The van der Waals surface area contributed by atoms with Gasteiger partial charge in [-0.2, -0.15) is 0 Å². The molecule has 4 nitrogen and oxygen atoms in total. The number of halogens is 1. The molecule has 3 rings (SSSR count). The minimum Gasteiger partial charge on any atom is -0.477 e. The van der Waals surface area contributed by atoms with Crippen molar-refractivity contribution in [3.8, 4) is 0 Å². The Kier molecular flexibility index (Phi) is 3.77. The number of aryl methyl sites for hydroxylation is 2. The first-order valence-corrected chi connectivity index (χ1v) is 7.86. The number of aromatic nitrogens is 1. The monoisotopic (exact) mass is 330 g/mol. The van der Waals surface area contributed by atoms with Crippen LogP contribution < -0.4 is 5.73 Å². The molecule has 0 saturated carbocycles. The number of fused-ring (bicyclic) bond motifs is 1. The van der Waals surface area contributed by atoms with E-state index in [2.05, 4.69) is 4.98 Å². The number of aromatic carboxylic acids is 1. The molecule has 0 radical (unpaired) electrons. The van der Waals surface area contributed by atoms with Gasteiger partial charge < -0.3 is 10.8 Å². The summed E-state index contributed by atoms with van der Waals surface area (Å²) in [4.78, 5) is 16.5. The molecular weight excluding hydrogens is 315 g/mol. The summed E-state index contributed by atoms with van der Waals surface area (Å²) in [5.74, 6) is -1.31. The summed E-state index contributed by atoms with van der Waals surface area (Å²) in [6.45, 7) is 3.81. The quantitative estimate of drug-likeness (QED) is 0.763. The Labute approximate surface area is 136 Å². The molecule has 0 atom stereocenters. The van der Waals surface area contributed by atoms with Gasteiger partial charge in [-0.25, -0.2) is 14.2 Å². The lowest BCUT2D eigenvalue weighted by Crippen LogP contribution is -2.01. The average molecular weight is 330 g/mol. The fraction of sp³-hybridized carbons (Fsp3) is 0.176. The van der Waals surface area contributed by atoms with Crippen LogP contribution in [0, 0.1) is 19.7 Å². The lowest BCUT2D eigenvalue weighted by atomic mass is 9.97. The van der Waals surface area contributed by atoms with Crippen LogP contribution in [-0.4, -0.2) is 16.1 Å². The molecule has 0 aliphatic heterocycles. The second kappa shape index (κ2) is 5.62. The molecule has 0 aliphatic carbocycles. The van der Waals surface area contributed by atoms with Gasteiger partial charge in [0.25, 0.3) is 0 Å². The normalized spacial score (nSPS) is 11.1. The molecule has 0 saturated heterocycles. The standard InChI is InChI=1S/C17H15FN2O2S/c1-8-12(7-10-3-5-11(18)6-4-10)9(2)20-16-13(8)14(19)15(23-16)17(21)22/h3-6H,7,19H2,1-2H3,(H,21,22). The second-order valence-corrected chi connectivity index (χ2v) is 6.43. The number of nitrogens with zero attached hydrogens (tertiary/aromatic N) is 1. The minimum atomic E-state index is -1.04. The van der Waals surface area contributed by atoms with E-state index in [1.165, 1.54) is 12.1 Å². The maximum absolute atomic E-state index is 13.0. The van der Waals surface area contributed by atoms with Crippen molar-refractivity contribution in [3.05, 3.63) is 57.3 Å². The van der Waals surface area contributed by atoms with Gasteiger partial charge >= 0.3 is 5.97 Å². The van der Waals surface area contributed by atoms with E-state index < -0.39 is 5.97 Å². The Hall–Kier alpha value is -2.47. The van der Waals surface area contributed by atoms with Crippen LogP contribution in [0.4, 0.5) is 10.1 Å². The zero-order chi connectivity index (χ0) is 16.7. The Bertz CT molecular complexity index is 917. The first-order valence-electron chi connectivity index (χ1n) is 7.04. The predicted octanol–water partition coefficient (Wildman–Crippen LogP) is 3.92. The predicted molar refractivity (Wildman–Crippen MR) is 89.7 cm³/mol. The van der Waals surface area contributed by atoms with Crippen LogP contribution in [0.3, 0.4) is 0 Å². The SMILES string of the molecule is Cc1nc2sc(C(=O)O)c(N)c2c(C)c1Cc1ccc(F)cc1. The number of carbonyl (C=O) groups is 1. The lowest BCUT2D eigenvalue weighted by molar-refractivity contribution is 0.0703. The van der Waals surface area contributed by atoms with E-state index >= 15 is 0 Å². The molecule has 3 N–H and O–H groups in total. The van der Waals surface area contributed by atoms with Crippen molar-refractivity contribution in [2.24, 2.45) is 0 Å². The number of nitrogens with two attached hydrogens (primary N) is 1. The van der Waals surface area contributed by atoms with Crippen LogP contribution in [0.5, 0.6) is 0 Å². The van der Waals surface area contributed by atoms with Gasteiger partial charge in [0.15, 0.2) is 0 Å². The fourth-order valence-electron chi connectivity index (χ4n) is 2.74. The topological polar surface area (TPSA) is 76.2 Å². The lowest BCUT2D eigenvalue weighted by Gasteiger charge is -2.11. The van der Waals surface area contributed by atoms with Gasteiger partial charge in [-0.3, -0.25) is 0 Å². The van der Waals surface area contributed by atoms with E-state index in [4.69, 9.17) is 5.73 Å². The van der Waals surface area contributed by atoms with Gasteiger partial charge in [-0.1, -0.05) is 12.1 Å². The maximum Gasteiger partial charge on any atom is 0.348 e. The van der Waals surface area contributed by atoms with Gasteiger partial charge in [0, 0.05) is 11.1 Å². The van der Waals surface area contributed by atoms with Crippen LogP contribution in [0.15, 0.2) is 24.3 Å². The second-order valence-electron chi connectivity index (χ2n) is 5.43. The van der Waals surface area contributed by atoms with Crippen molar-refractivity contribution in [2.75, 3.05) is 5.73 Å². The Morgan fingerprint density at radius 2 is 1.96 bits per heavy atom. The molecule has 118 valence electrons. The average Bonchev–Trinajstić information content (AvgIpc) is 2.82. The summed E-state index contributed by atoms with van der Waals surface area (Å²) in [5.41, 5.74) is 9.99. The zero-order valence-corrected chi connectivity index (χ0v) is 13.5. The van der Waals surface area contributed by atoms with Crippen molar-refractivity contribution in [1.82, 2.24) is 4.98 Å². The highest BCUT2D eigenvalue weighted by Crippen LogP contribution is 2.37. The number of carboxylic acids is 1. The molecule has 3 aromatic rings. The molecule has 0 spiro atoms. The number of hydrogen-bond acceptors (Lipinski definition) is 4. The van der Waals surface area contributed by atoms with Crippen molar-refractivity contribution in [1.29, 1.82) is 0 Å². The van der Waals surface area contributed by atoms with Gasteiger partial charge in [-0.05, 0) is 49.1 Å². The summed E-state index contributed by atoms with van der Waals surface area (Å²) in [6.07, 6.45) is 0.596. The summed E-state index contributed by atoms with van der Waals surface area (Å²) in [7, 11) is 0. The zero-order valence-electron chi connectivity index (χ0n) is 12.7. The first kappa shape index (κ1) is 15.4. The highest BCUT2D eigenvalue weighted by Gasteiger charge is 2.20. The number of benzene rings is 1. The van der Waals surface area contributed by atoms with Crippen LogP contribution in [-0.2, 0) is 6.42 Å². The van der Waals surface area contributed by atoms with E-state index in [-0.39, 0.29) is 16.4 Å². The number of rotatable bonds is 3. The summed E-state index contributed by atoms with van der Waals surface area (Å²) in [6, 6.07) is 6.32. The van der Waals surface area contributed by atoms with Gasteiger partial charge in [0.1, 0.15) is 15.5 Å². The third kappa shape index (κ3) is 2.66. The number of pyridine rings is 1. The van der Waals surface area contributed by atoms with Crippen LogP contribution in [0.1, 0.15) is 32.1 Å². The van der Waals surface area contributed by atoms with Gasteiger partial charge in [-0.15, -0.1) is 11.3 Å². The van der Waals surface area contributed by atoms with Crippen molar-refractivity contribution < 1.29 is 14.3 Å². The fourth-order valence-corrected chi connectivity index (χ4v) is 3.78. The van der Waals surface area contributed by atoms with Gasteiger partial charge in [0.05, 0.1) is 5.69 Å². The number of thiophene rings is 1. The van der Waals surface area contributed by atoms with E-state index in [1.807, 2.05) is 13.8 Å². The highest BCUT2D eigenvalue weighted by atomic mass is 32.1. The van der Waals surface area contributed by atoms with Crippen LogP contribution in [0.25, 0.3) is 10.2 Å². The molecule has 0 amide bonds. The Morgan fingerprint density at radius 1 is 1.30 bits per heavy atom. The third-order valence-corrected chi connectivity index (χ3v) is 5.04. The molecule has 2 aromatic heterocycles. The number of anilines is 1. The number of hydrogen-bond donors (Lipinski definition) is 2. The molecule has 0 fully saturated rings. The first-order chi connectivity index (χ1) is 10.9. The summed E-state index contributed by atoms with van der Waals surface area (Å²) in [5, 5.41) is 9.93. The molecule has 0 aliphatic rings.